The fourth-order valence-corrected chi connectivity index (χ4v) is 4.18. The molecule has 0 radical (unpaired) electrons. The van der Waals surface area contributed by atoms with E-state index in [4.69, 9.17) is 4.52 Å². The molecule has 6 nitrogen and oxygen atoms in total. The average Bonchev–Trinajstić information content (AvgIpc) is 3.00. The molecule has 2 aliphatic rings. The second-order valence-electron chi connectivity index (χ2n) is 7.04. The van der Waals surface area contributed by atoms with E-state index in [1.54, 1.807) is 0 Å². The summed E-state index contributed by atoms with van der Waals surface area (Å²) in [7, 11) is 0. The quantitative estimate of drug-likeness (QED) is 0.841. The van der Waals surface area contributed by atoms with E-state index in [-0.39, 0.29) is 11.9 Å². The molecule has 0 spiro atoms. The van der Waals surface area contributed by atoms with Gasteiger partial charge < -0.3 is 9.42 Å². The van der Waals surface area contributed by atoms with Crippen molar-refractivity contribution < 1.29 is 9.32 Å². The van der Waals surface area contributed by atoms with Crippen molar-refractivity contribution in [1.29, 1.82) is 0 Å². The molecule has 1 saturated heterocycles. The molecule has 24 heavy (non-hydrogen) atoms. The molecule has 0 aromatic carbocycles. The maximum Gasteiger partial charge on any atom is 0.266 e. The Balaban J connectivity index is 1.58. The van der Waals surface area contributed by atoms with Gasteiger partial charge in [-0.3, -0.25) is 4.79 Å². The highest BCUT2D eigenvalue weighted by atomic mass is 32.1. The number of carbonyl (C=O) groups excluding carboxylic acids is 1. The minimum absolute atomic E-state index is 0.0529. The van der Waals surface area contributed by atoms with Crippen LogP contribution in [0.2, 0.25) is 0 Å². The molecular formula is C17H22N4O2S. The van der Waals surface area contributed by atoms with E-state index in [1.807, 2.05) is 11.8 Å². The van der Waals surface area contributed by atoms with Crippen molar-refractivity contribution >= 4 is 17.2 Å². The first-order chi connectivity index (χ1) is 11.5. The third-order valence-corrected chi connectivity index (χ3v) is 6.14. The van der Waals surface area contributed by atoms with Gasteiger partial charge in [0.05, 0.1) is 16.7 Å². The molecule has 2 fully saturated rings. The van der Waals surface area contributed by atoms with E-state index in [9.17, 15) is 4.79 Å². The zero-order valence-corrected chi connectivity index (χ0v) is 15.1. The number of thiazole rings is 1. The number of nitrogens with zero attached hydrogens (tertiary/aromatic N) is 4. The van der Waals surface area contributed by atoms with E-state index in [0.29, 0.717) is 17.7 Å². The molecule has 2 aromatic rings. The van der Waals surface area contributed by atoms with Crippen LogP contribution in [0.4, 0.5) is 0 Å². The lowest BCUT2D eigenvalue weighted by atomic mass is 10.2. The summed E-state index contributed by atoms with van der Waals surface area (Å²) in [6, 6.07) is -0.0715. The molecule has 2 aromatic heterocycles. The highest BCUT2D eigenvalue weighted by Crippen LogP contribution is 2.40. The molecule has 3 heterocycles. The monoisotopic (exact) mass is 346 g/mol. The predicted octanol–water partition coefficient (Wildman–Crippen LogP) is 3.81. The second kappa shape index (κ2) is 5.95. The van der Waals surface area contributed by atoms with Crippen molar-refractivity contribution in [2.45, 2.75) is 64.3 Å². The van der Waals surface area contributed by atoms with Gasteiger partial charge in [0.1, 0.15) is 4.88 Å². The van der Waals surface area contributed by atoms with Gasteiger partial charge in [-0.15, -0.1) is 11.3 Å². The van der Waals surface area contributed by atoms with Crippen LogP contribution in [-0.2, 0) is 0 Å². The zero-order chi connectivity index (χ0) is 16.8. The Labute approximate surface area is 145 Å². The van der Waals surface area contributed by atoms with Crippen LogP contribution in [0.1, 0.15) is 89.5 Å². The molecule has 1 atom stereocenters. The van der Waals surface area contributed by atoms with Gasteiger partial charge in [0.25, 0.3) is 5.91 Å². The molecule has 1 amide bonds. The van der Waals surface area contributed by atoms with Crippen LogP contribution < -0.4 is 0 Å². The summed E-state index contributed by atoms with van der Waals surface area (Å²) in [5, 5.41) is 5.17. The van der Waals surface area contributed by atoms with Crippen LogP contribution in [0.5, 0.6) is 0 Å². The normalized spacial score (nSPS) is 21.0. The van der Waals surface area contributed by atoms with Gasteiger partial charge in [0.15, 0.2) is 5.82 Å². The van der Waals surface area contributed by atoms with E-state index in [2.05, 4.69) is 29.0 Å². The summed E-state index contributed by atoms with van der Waals surface area (Å²) in [6.07, 6.45) is 4.13. The van der Waals surface area contributed by atoms with Gasteiger partial charge in [0.2, 0.25) is 5.89 Å². The number of amides is 1. The minimum atomic E-state index is -0.0715. The second-order valence-corrected chi connectivity index (χ2v) is 8.07. The Bertz CT molecular complexity index is 762. The summed E-state index contributed by atoms with van der Waals surface area (Å²) >= 11 is 1.51. The standard InChI is InChI=1S/C17H22N4O2S/c1-9(2)16-18-10(3)13(24-16)17(22)21-8-4-5-12(21)14-19-15(23-20-14)11-6-7-11/h9,11-12H,4-8H2,1-3H3. The molecule has 1 unspecified atom stereocenters. The Kier molecular flexibility index (Phi) is 3.90. The molecule has 1 aliphatic heterocycles. The van der Waals surface area contributed by atoms with Gasteiger partial charge >= 0.3 is 0 Å². The number of rotatable bonds is 4. The van der Waals surface area contributed by atoms with E-state index >= 15 is 0 Å². The zero-order valence-electron chi connectivity index (χ0n) is 14.3. The molecule has 128 valence electrons. The van der Waals surface area contributed by atoms with E-state index in [1.165, 1.54) is 11.3 Å². The van der Waals surface area contributed by atoms with Gasteiger partial charge in [-0.1, -0.05) is 19.0 Å². The minimum Gasteiger partial charge on any atom is -0.339 e. The van der Waals surface area contributed by atoms with Crippen LogP contribution in [0.15, 0.2) is 4.52 Å². The fourth-order valence-electron chi connectivity index (χ4n) is 3.15. The smallest absolute Gasteiger partial charge is 0.266 e. The van der Waals surface area contributed by atoms with Gasteiger partial charge in [-0.2, -0.15) is 4.98 Å². The van der Waals surface area contributed by atoms with Crippen molar-refractivity contribution in [2.24, 2.45) is 0 Å². The predicted molar refractivity (Wildman–Crippen MR) is 90.2 cm³/mol. The molecular weight excluding hydrogens is 324 g/mol. The number of hydrogen-bond acceptors (Lipinski definition) is 6. The summed E-state index contributed by atoms with van der Waals surface area (Å²) in [4.78, 5) is 24.8. The third-order valence-electron chi connectivity index (χ3n) is 4.70. The molecule has 0 bridgehead atoms. The number of aromatic nitrogens is 3. The van der Waals surface area contributed by atoms with Crippen LogP contribution in [0.25, 0.3) is 0 Å². The largest absolute Gasteiger partial charge is 0.339 e. The topological polar surface area (TPSA) is 72.1 Å². The molecule has 1 aliphatic carbocycles. The van der Waals surface area contributed by atoms with Gasteiger partial charge in [-0.05, 0) is 32.6 Å². The third kappa shape index (κ3) is 2.75. The van der Waals surface area contributed by atoms with Crippen LogP contribution >= 0.6 is 11.3 Å². The van der Waals surface area contributed by atoms with E-state index < -0.39 is 0 Å². The van der Waals surface area contributed by atoms with Crippen molar-refractivity contribution in [3.05, 3.63) is 27.3 Å². The first-order valence-electron chi connectivity index (χ1n) is 8.66. The lowest BCUT2D eigenvalue weighted by molar-refractivity contribution is 0.0732. The summed E-state index contributed by atoms with van der Waals surface area (Å²) in [5.74, 6) is 2.23. The van der Waals surface area contributed by atoms with Crippen molar-refractivity contribution in [2.75, 3.05) is 6.54 Å². The summed E-state index contributed by atoms with van der Waals surface area (Å²) in [6.45, 7) is 6.86. The van der Waals surface area contributed by atoms with Gasteiger partial charge in [0, 0.05) is 18.4 Å². The van der Waals surface area contributed by atoms with Crippen LogP contribution in [-0.4, -0.2) is 32.5 Å². The molecule has 7 heteroatoms. The van der Waals surface area contributed by atoms with Crippen LogP contribution in [0, 0.1) is 6.92 Å². The van der Waals surface area contributed by atoms with Gasteiger partial charge in [-0.25, -0.2) is 4.98 Å². The molecule has 1 saturated carbocycles. The highest BCUT2D eigenvalue weighted by molar-refractivity contribution is 7.13. The Morgan fingerprint density at radius 1 is 1.29 bits per heavy atom. The average molecular weight is 346 g/mol. The fraction of sp³-hybridized carbons (Fsp3) is 0.647. The number of carbonyl (C=O) groups is 1. The maximum atomic E-state index is 13.1. The molecule has 0 N–H and O–H groups in total. The summed E-state index contributed by atoms with van der Waals surface area (Å²) in [5.41, 5.74) is 0.825. The van der Waals surface area contributed by atoms with Crippen LogP contribution in [0.3, 0.4) is 0 Å². The summed E-state index contributed by atoms with van der Waals surface area (Å²) < 4.78 is 5.39. The number of hydrogen-bond donors (Lipinski definition) is 0. The lowest BCUT2D eigenvalue weighted by Crippen LogP contribution is -2.31. The highest BCUT2D eigenvalue weighted by Gasteiger charge is 2.37. The lowest BCUT2D eigenvalue weighted by Gasteiger charge is -2.21. The number of likely N-dealkylation sites (tertiary alicyclic amines) is 1. The Morgan fingerprint density at radius 3 is 2.75 bits per heavy atom. The van der Waals surface area contributed by atoms with Crippen molar-refractivity contribution in [3.63, 3.8) is 0 Å². The van der Waals surface area contributed by atoms with Crippen molar-refractivity contribution in [1.82, 2.24) is 20.0 Å². The van der Waals surface area contributed by atoms with E-state index in [0.717, 1.165) is 53.7 Å². The Hall–Kier alpha value is -1.76. The maximum absolute atomic E-state index is 13.1. The first kappa shape index (κ1) is 15.7. The SMILES string of the molecule is Cc1nc(C(C)C)sc1C(=O)N1CCCC1c1noc(C2CC2)n1. The Morgan fingerprint density at radius 2 is 2.08 bits per heavy atom. The van der Waals surface area contributed by atoms with Crippen molar-refractivity contribution in [3.8, 4) is 0 Å². The molecule has 4 rings (SSSR count). The number of aryl methyl sites for hydroxylation is 1. The first-order valence-corrected chi connectivity index (χ1v) is 9.48.